The van der Waals surface area contributed by atoms with Gasteiger partial charge in [-0.3, -0.25) is 0 Å². The Kier molecular flexibility index (Phi) is 4.24. The Balaban J connectivity index is 2.24. The second kappa shape index (κ2) is 5.74. The molecule has 1 aliphatic carbocycles. The van der Waals surface area contributed by atoms with Gasteiger partial charge in [-0.05, 0) is 32.6 Å². The second-order valence-electron chi connectivity index (χ2n) is 5.83. The van der Waals surface area contributed by atoms with Crippen molar-refractivity contribution < 1.29 is 0 Å². The maximum Gasteiger partial charge on any atom is 0.148 e. The van der Waals surface area contributed by atoms with Gasteiger partial charge in [0.05, 0.1) is 0 Å². The Labute approximate surface area is 115 Å². The van der Waals surface area contributed by atoms with Crippen molar-refractivity contribution in [2.24, 2.45) is 11.8 Å². The van der Waals surface area contributed by atoms with Crippen LogP contribution in [-0.2, 0) is 0 Å². The lowest BCUT2D eigenvalue weighted by molar-refractivity contribution is 0.285. The number of hydrazine groups is 1. The lowest BCUT2D eigenvalue weighted by Gasteiger charge is -2.32. The van der Waals surface area contributed by atoms with Crippen molar-refractivity contribution in [1.82, 2.24) is 9.97 Å². The minimum Gasteiger partial charge on any atom is -0.367 e. The third kappa shape index (κ3) is 2.97. The van der Waals surface area contributed by atoms with E-state index >= 15 is 0 Å². The Hall–Kier alpha value is -1.36. The van der Waals surface area contributed by atoms with Gasteiger partial charge in [-0.1, -0.05) is 20.3 Å². The monoisotopic (exact) mass is 263 g/mol. The van der Waals surface area contributed by atoms with E-state index in [1.165, 1.54) is 19.3 Å². The number of hydrogen-bond donors (Lipinski definition) is 3. The van der Waals surface area contributed by atoms with Crippen LogP contribution >= 0.6 is 0 Å². The molecule has 106 valence electrons. The molecule has 1 saturated carbocycles. The van der Waals surface area contributed by atoms with E-state index in [0.717, 1.165) is 23.1 Å². The second-order valence-corrected chi connectivity index (χ2v) is 5.83. The molecule has 0 saturated heterocycles. The highest BCUT2D eigenvalue weighted by atomic mass is 15.3. The average molecular weight is 263 g/mol. The molecule has 4 N–H and O–H groups in total. The van der Waals surface area contributed by atoms with Crippen LogP contribution < -0.4 is 16.6 Å². The molecule has 1 fully saturated rings. The van der Waals surface area contributed by atoms with Crippen LogP contribution in [0.1, 0.15) is 57.3 Å². The van der Waals surface area contributed by atoms with Crippen LogP contribution in [0.3, 0.4) is 0 Å². The average Bonchev–Trinajstić information content (AvgIpc) is 2.29. The normalized spacial score (nSPS) is 17.2. The summed E-state index contributed by atoms with van der Waals surface area (Å²) in [4.78, 5) is 9.09. The summed E-state index contributed by atoms with van der Waals surface area (Å²) in [6.45, 7) is 8.40. The maximum absolute atomic E-state index is 5.55. The molecular weight excluding hydrogens is 238 g/mol. The maximum atomic E-state index is 5.55. The van der Waals surface area contributed by atoms with E-state index in [2.05, 4.69) is 41.5 Å². The summed E-state index contributed by atoms with van der Waals surface area (Å²) >= 11 is 0. The highest BCUT2D eigenvalue weighted by Gasteiger charge is 2.25. The zero-order valence-corrected chi connectivity index (χ0v) is 12.3. The van der Waals surface area contributed by atoms with Gasteiger partial charge in [-0.2, -0.15) is 0 Å². The summed E-state index contributed by atoms with van der Waals surface area (Å²) in [7, 11) is 0. The molecule has 0 aliphatic heterocycles. The van der Waals surface area contributed by atoms with Gasteiger partial charge in [0.2, 0.25) is 0 Å². The number of nitrogens with zero attached hydrogens (tertiary/aromatic N) is 2. The lowest BCUT2D eigenvalue weighted by atomic mass is 9.80. The lowest BCUT2D eigenvalue weighted by Crippen LogP contribution is -2.31. The van der Waals surface area contributed by atoms with Crippen LogP contribution in [0.15, 0.2) is 0 Å². The first-order valence-corrected chi connectivity index (χ1v) is 7.14. The predicted molar refractivity (Wildman–Crippen MR) is 79.1 cm³/mol. The molecule has 1 heterocycles. The number of nitrogens with one attached hydrogen (secondary N) is 2. The van der Waals surface area contributed by atoms with Crippen LogP contribution in [0.4, 0.5) is 11.6 Å². The summed E-state index contributed by atoms with van der Waals surface area (Å²) in [5.41, 5.74) is 3.65. The molecular formula is C14H25N5. The highest BCUT2D eigenvalue weighted by Crippen LogP contribution is 2.32. The van der Waals surface area contributed by atoms with Crippen LogP contribution in [-0.4, -0.2) is 16.0 Å². The third-order valence-corrected chi connectivity index (χ3v) is 4.04. The smallest absolute Gasteiger partial charge is 0.148 e. The van der Waals surface area contributed by atoms with Crippen molar-refractivity contribution in [3.05, 3.63) is 11.4 Å². The van der Waals surface area contributed by atoms with Gasteiger partial charge in [-0.25, -0.2) is 15.8 Å². The van der Waals surface area contributed by atoms with Crippen LogP contribution in [0.5, 0.6) is 0 Å². The van der Waals surface area contributed by atoms with E-state index in [9.17, 15) is 0 Å². The van der Waals surface area contributed by atoms with E-state index in [1.54, 1.807) is 0 Å². The predicted octanol–water partition coefficient (Wildman–Crippen LogP) is 2.79. The van der Waals surface area contributed by atoms with Crippen LogP contribution in [0.25, 0.3) is 0 Å². The zero-order chi connectivity index (χ0) is 14.0. The van der Waals surface area contributed by atoms with Gasteiger partial charge in [0.15, 0.2) is 0 Å². The summed E-state index contributed by atoms with van der Waals surface area (Å²) in [6.07, 6.45) is 3.99. The summed E-state index contributed by atoms with van der Waals surface area (Å²) in [5, 5.41) is 3.54. The minimum atomic E-state index is 0.284. The molecule has 1 aromatic rings. The van der Waals surface area contributed by atoms with Gasteiger partial charge >= 0.3 is 0 Å². The number of nitrogens with two attached hydrogens (primary N) is 1. The van der Waals surface area contributed by atoms with E-state index in [-0.39, 0.29) is 5.92 Å². The van der Waals surface area contributed by atoms with Gasteiger partial charge in [-0.15, -0.1) is 0 Å². The summed E-state index contributed by atoms with van der Waals surface area (Å²) in [5.74, 6) is 9.04. The number of aromatic nitrogens is 2. The van der Waals surface area contributed by atoms with Crippen molar-refractivity contribution in [1.29, 1.82) is 0 Å². The molecule has 2 rings (SSSR count). The standard InChI is InChI=1S/C14H25N5/c1-8(2)12-17-13(9(3)14(18-12)19-15)16-10(4)11-6-5-7-11/h8,10-11H,5-7,15H2,1-4H3,(H2,16,17,18,19). The fourth-order valence-electron chi connectivity index (χ4n) is 2.35. The van der Waals surface area contributed by atoms with E-state index in [1.807, 2.05) is 6.92 Å². The fraction of sp³-hybridized carbons (Fsp3) is 0.714. The summed E-state index contributed by atoms with van der Waals surface area (Å²) in [6, 6.07) is 0.452. The molecule has 1 aromatic heterocycles. The Morgan fingerprint density at radius 1 is 1.16 bits per heavy atom. The van der Waals surface area contributed by atoms with Crippen molar-refractivity contribution in [2.75, 3.05) is 10.7 Å². The molecule has 0 bridgehead atoms. The topological polar surface area (TPSA) is 75.9 Å². The van der Waals surface area contributed by atoms with Gasteiger partial charge in [0.1, 0.15) is 17.5 Å². The molecule has 5 nitrogen and oxygen atoms in total. The third-order valence-electron chi connectivity index (χ3n) is 4.04. The van der Waals surface area contributed by atoms with Gasteiger partial charge in [0.25, 0.3) is 0 Å². The fourth-order valence-corrected chi connectivity index (χ4v) is 2.35. The van der Waals surface area contributed by atoms with Gasteiger partial charge < -0.3 is 10.7 Å². The zero-order valence-electron chi connectivity index (χ0n) is 12.3. The summed E-state index contributed by atoms with van der Waals surface area (Å²) < 4.78 is 0. The number of anilines is 2. The quantitative estimate of drug-likeness (QED) is 0.562. The molecule has 1 unspecified atom stereocenters. The molecule has 5 heteroatoms. The van der Waals surface area contributed by atoms with E-state index in [0.29, 0.717) is 11.9 Å². The first kappa shape index (κ1) is 14.1. The van der Waals surface area contributed by atoms with Crippen LogP contribution in [0.2, 0.25) is 0 Å². The van der Waals surface area contributed by atoms with Crippen molar-refractivity contribution in [3.63, 3.8) is 0 Å². The van der Waals surface area contributed by atoms with E-state index in [4.69, 9.17) is 5.84 Å². The number of rotatable bonds is 5. The molecule has 0 spiro atoms. The molecule has 0 amide bonds. The Morgan fingerprint density at radius 3 is 2.26 bits per heavy atom. The highest BCUT2D eigenvalue weighted by molar-refractivity contribution is 5.57. The molecule has 1 aliphatic rings. The van der Waals surface area contributed by atoms with Crippen molar-refractivity contribution in [2.45, 2.75) is 58.9 Å². The first-order valence-electron chi connectivity index (χ1n) is 7.14. The molecule has 0 aromatic carbocycles. The molecule has 19 heavy (non-hydrogen) atoms. The largest absolute Gasteiger partial charge is 0.367 e. The molecule has 1 atom stereocenters. The number of nitrogen functional groups attached to an aromatic ring is 1. The Morgan fingerprint density at radius 2 is 1.79 bits per heavy atom. The van der Waals surface area contributed by atoms with Crippen molar-refractivity contribution >= 4 is 11.6 Å². The first-order chi connectivity index (χ1) is 9.02. The van der Waals surface area contributed by atoms with E-state index < -0.39 is 0 Å². The number of hydrogen-bond acceptors (Lipinski definition) is 5. The van der Waals surface area contributed by atoms with Crippen molar-refractivity contribution in [3.8, 4) is 0 Å². The van der Waals surface area contributed by atoms with Crippen LogP contribution in [0, 0.1) is 12.8 Å². The minimum absolute atomic E-state index is 0.284. The van der Waals surface area contributed by atoms with Gasteiger partial charge in [0, 0.05) is 17.5 Å². The SMILES string of the molecule is Cc1c(NN)nc(C(C)C)nc1NC(C)C1CCC1. The molecule has 0 radical (unpaired) electrons. The Bertz CT molecular complexity index is 440.